The van der Waals surface area contributed by atoms with Gasteiger partial charge in [-0.15, -0.1) is 0 Å². The maximum atomic E-state index is 5.60. The maximum absolute atomic E-state index is 5.60. The molecule has 1 aromatic rings. The van der Waals surface area contributed by atoms with Gasteiger partial charge in [0.2, 0.25) is 5.79 Å². The fraction of sp³-hybridized carbons (Fsp3) is 0.500. The highest BCUT2D eigenvalue weighted by molar-refractivity contribution is 9.15. The highest BCUT2D eigenvalue weighted by Gasteiger charge is 2.41. The predicted molar refractivity (Wildman–Crippen MR) is 75.6 cm³/mol. The normalized spacial score (nSPS) is 16.6. The molecule has 0 aliphatic heterocycles. The van der Waals surface area contributed by atoms with E-state index in [2.05, 4.69) is 33.9 Å². The number of nitrogens with zero attached hydrogens (tertiary/aromatic N) is 1. The zero-order valence-corrected chi connectivity index (χ0v) is 12.8. The molecule has 4 heteroatoms. The molecule has 0 saturated carbocycles. The van der Waals surface area contributed by atoms with Crippen LogP contribution in [-0.4, -0.2) is 19.2 Å². The van der Waals surface area contributed by atoms with Gasteiger partial charge < -0.3 is 9.47 Å². The Morgan fingerprint density at radius 2 is 2.00 bits per heavy atom. The summed E-state index contributed by atoms with van der Waals surface area (Å²) >= 11 is 3.59. The number of fused-ring (bicyclic) bond motifs is 1. The molecule has 0 saturated heterocycles. The van der Waals surface area contributed by atoms with Gasteiger partial charge >= 0.3 is 0 Å². The van der Waals surface area contributed by atoms with Gasteiger partial charge in [0.25, 0.3) is 0 Å². The third-order valence-electron chi connectivity index (χ3n) is 3.24. The van der Waals surface area contributed by atoms with Crippen LogP contribution in [0.4, 0.5) is 0 Å². The minimum Gasteiger partial charge on any atom is -0.346 e. The minimum absolute atomic E-state index is 0.806. The van der Waals surface area contributed by atoms with E-state index in [1.54, 1.807) is 14.2 Å². The first-order valence-corrected chi connectivity index (χ1v) is 6.87. The molecule has 1 aromatic heterocycles. The number of pyridine rings is 1. The van der Waals surface area contributed by atoms with Crippen molar-refractivity contribution in [2.45, 2.75) is 32.5 Å². The molecule has 98 valence electrons. The fourth-order valence-corrected chi connectivity index (χ4v) is 3.07. The lowest BCUT2D eigenvalue weighted by atomic mass is 10.0. The number of rotatable bonds is 4. The SMILES string of the molecule is CCCc1nc(C)cc2c1C(OC)(OC)C=C2Br. The third-order valence-corrected chi connectivity index (χ3v) is 3.89. The largest absolute Gasteiger partial charge is 0.346 e. The van der Waals surface area contributed by atoms with E-state index in [1.165, 1.54) is 0 Å². The van der Waals surface area contributed by atoms with E-state index in [-0.39, 0.29) is 0 Å². The van der Waals surface area contributed by atoms with Crippen LogP contribution in [0, 0.1) is 6.92 Å². The lowest BCUT2D eigenvalue weighted by Crippen LogP contribution is -2.28. The van der Waals surface area contributed by atoms with Crippen LogP contribution in [0.1, 0.15) is 35.9 Å². The van der Waals surface area contributed by atoms with E-state index >= 15 is 0 Å². The van der Waals surface area contributed by atoms with Crippen molar-refractivity contribution in [3.8, 4) is 0 Å². The smallest absolute Gasteiger partial charge is 0.218 e. The fourth-order valence-electron chi connectivity index (χ4n) is 2.45. The zero-order valence-electron chi connectivity index (χ0n) is 11.2. The molecule has 0 spiro atoms. The number of hydrogen-bond donors (Lipinski definition) is 0. The summed E-state index contributed by atoms with van der Waals surface area (Å²) in [5.74, 6) is -0.806. The number of ether oxygens (including phenoxy) is 2. The quantitative estimate of drug-likeness (QED) is 0.797. The monoisotopic (exact) mass is 311 g/mol. The van der Waals surface area contributed by atoms with Crippen LogP contribution in [0.25, 0.3) is 4.48 Å². The van der Waals surface area contributed by atoms with Crippen LogP contribution < -0.4 is 0 Å². The van der Waals surface area contributed by atoms with Gasteiger partial charge in [-0.1, -0.05) is 29.3 Å². The van der Waals surface area contributed by atoms with Gasteiger partial charge in [-0.25, -0.2) is 0 Å². The first-order valence-electron chi connectivity index (χ1n) is 6.08. The average Bonchev–Trinajstić information content (AvgIpc) is 2.64. The van der Waals surface area contributed by atoms with Crippen LogP contribution in [-0.2, 0) is 21.7 Å². The molecule has 0 unspecified atom stereocenters. The van der Waals surface area contributed by atoms with Gasteiger partial charge in [0.1, 0.15) is 0 Å². The molecule has 1 aliphatic rings. The average molecular weight is 312 g/mol. The summed E-state index contributed by atoms with van der Waals surface area (Å²) in [4.78, 5) is 4.65. The van der Waals surface area contributed by atoms with Gasteiger partial charge in [0, 0.05) is 35.5 Å². The Morgan fingerprint density at radius 3 is 2.56 bits per heavy atom. The number of aryl methyl sites for hydroxylation is 2. The van der Waals surface area contributed by atoms with Crippen molar-refractivity contribution in [1.82, 2.24) is 4.98 Å². The summed E-state index contributed by atoms with van der Waals surface area (Å²) in [6.07, 6.45) is 3.93. The lowest BCUT2D eigenvalue weighted by Gasteiger charge is -2.27. The summed E-state index contributed by atoms with van der Waals surface area (Å²) < 4.78 is 12.2. The standard InChI is InChI=1S/C14H18BrNO2/c1-5-6-12-13-10(7-9(2)16-12)11(15)8-14(13,17-3)18-4/h7-8H,5-6H2,1-4H3. The minimum atomic E-state index is -0.806. The van der Waals surface area contributed by atoms with Gasteiger partial charge in [-0.3, -0.25) is 4.98 Å². The summed E-state index contributed by atoms with van der Waals surface area (Å²) in [5, 5.41) is 0. The Kier molecular flexibility index (Phi) is 3.90. The van der Waals surface area contributed by atoms with Crippen molar-refractivity contribution < 1.29 is 9.47 Å². The molecule has 1 aliphatic carbocycles. The second kappa shape index (κ2) is 5.11. The molecule has 2 rings (SSSR count). The number of aromatic nitrogens is 1. The summed E-state index contributed by atoms with van der Waals surface area (Å²) in [6, 6.07) is 2.06. The molecule has 0 radical (unpaired) electrons. The Bertz CT molecular complexity index is 493. The molecule has 0 amide bonds. The molecule has 0 aromatic carbocycles. The van der Waals surface area contributed by atoms with Crippen molar-refractivity contribution in [3.63, 3.8) is 0 Å². The van der Waals surface area contributed by atoms with Crippen molar-refractivity contribution in [1.29, 1.82) is 0 Å². The zero-order chi connectivity index (χ0) is 13.3. The summed E-state index contributed by atoms with van der Waals surface area (Å²) in [5.41, 5.74) is 4.23. The number of hydrogen-bond acceptors (Lipinski definition) is 3. The van der Waals surface area contributed by atoms with E-state index in [0.29, 0.717) is 0 Å². The van der Waals surface area contributed by atoms with E-state index in [9.17, 15) is 0 Å². The third kappa shape index (κ3) is 2.02. The summed E-state index contributed by atoms with van der Waals surface area (Å²) in [6.45, 7) is 4.16. The Labute approximate surface area is 116 Å². The molecule has 18 heavy (non-hydrogen) atoms. The van der Waals surface area contributed by atoms with Crippen LogP contribution in [0.3, 0.4) is 0 Å². The summed E-state index contributed by atoms with van der Waals surface area (Å²) in [7, 11) is 3.32. The van der Waals surface area contributed by atoms with E-state index in [4.69, 9.17) is 9.47 Å². The number of methoxy groups -OCH3 is 2. The molecule has 0 N–H and O–H groups in total. The van der Waals surface area contributed by atoms with Crippen LogP contribution in [0.5, 0.6) is 0 Å². The molecule has 0 fully saturated rings. The second-order valence-corrected chi connectivity index (χ2v) is 5.31. The molecule has 3 nitrogen and oxygen atoms in total. The van der Waals surface area contributed by atoms with Crippen LogP contribution in [0.15, 0.2) is 12.1 Å². The molecule has 0 bridgehead atoms. The number of halogens is 1. The lowest BCUT2D eigenvalue weighted by molar-refractivity contribution is -0.176. The topological polar surface area (TPSA) is 31.4 Å². The second-order valence-electron chi connectivity index (χ2n) is 4.45. The van der Waals surface area contributed by atoms with Crippen LogP contribution in [0.2, 0.25) is 0 Å². The maximum Gasteiger partial charge on any atom is 0.218 e. The highest BCUT2D eigenvalue weighted by Crippen LogP contribution is 2.45. The van der Waals surface area contributed by atoms with Crippen LogP contribution >= 0.6 is 15.9 Å². The van der Waals surface area contributed by atoms with Crippen molar-refractivity contribution in [3.05, 3.63) is 34.7 Å². The highest BCUT2D eigenvalue weighted by atomic mass is 79.9. The Morgan fingerprint density at radius 1 is 1.33 bits per heavy atom. The van der Waals surface area contributed by atoms with Gasteiger partial charge in [0.05, 0.1) is 5.69 Å². The van der Waals surface area contributed by atoms with E-state index in [1.807, 2.05) is 13.0 Å². The van der Waals surface area contributed by atoms with E-state index < -0.39 is 5.79 Å². The predicted octanol–water partition coefficient (Wildman–Crippen LogP) is 3.54. The Balaban J connectivity index is 2.67. The van der Waals surface area contributed by atoms with Gasteiger partial charge in [-0.2, -0.15) is 0 Å². The van der Waals surface area contributed by atoms with Crippen molar-refractivity contribution in [2.24, 2.45) is 0 Å². The molecule has 0 atom stereocenters. The van der Waals surface area contributed by atoms with Crippen molar-refractivity contribution in [2.75, 3.05) is 14.2 Å². The van der Waals surface area contributed by atoms with Gasteiger partial charge in [0.15, 0.2) is 0 Å². The van der Waals surface area contributed by atoms with E-state index in [0.717, 1.165) is 39.8 Å². The molecule has 1 heterocycles. The first-order chi connectivity index (χ1) is 8.57. The Hall–Kier alpha value is -0.710. The first kappa shape index (κ1) is 13.7. The van der Waals surface area contributed by atoms with Crippen molar-refractivity contribution >= 4 is 20.4 Å². The molecular weight excluding hydrogens is 294 g/mol. The molecular formula is C14H18BrNO2. The van der Waals surface area contributed by atoms with Gasteiger partial charge in [-0.05, 0) is 25.5 Å².